The van der Waals surface area contributed by atoms with Crippen molar-refractivity contribution in [3.05, 3.63) is 72.3 Å². The van der Waals surface area contributed by atoms with E-state index in [1.807, 2.05) is 66.7 Å². The van der Waals surface area contributed by atoms with Crippen molar-refractivity contribution in [3.8, 4) is 23.0 Å². The predicted octanol–water partition coefficient (Wildman–Crippen LogP) is 4.61. The summed E-state index contributed by atoms with van der Waals surface area (Å²) in [4.78, 5) is 13.8. The van der Waals surface area contributed by atoms with E-state index in [0.29, 0.717) is 57.5 Å². The van der Waals surface area contributed by atoms with Crippen LogP contribution in [-0.2, 0) is 25.6 Å². The van der Waals surface area contributed by atoms with E-state index >= 15 is 0 Å². The smallest absolute Gasteiger partial charge is 0.234 e. The summed E-state index contributed by atoms with van der Waals surface area (Å²) in [5.41, 5.74) is 0.926. The quantitative estimate of drug-likeness (QED) is 0.0801. The number of isocyanates is 1. The van der Waals surface area contributed by atoms with Gasteiger partial charge in [0.15, 0.2) is 0 Å². The maximum absolute atomic E-state index is 10.6. The van der Waals surface area contributed by atoms with Crippen LogP contribution in [0.5, 0.6) is 23.0 Å². The van der Waals surface area contributed by atoms with Crippen LogP contribution in [0.25, 0.3) is 21.5 Å². The Morgan fingerprint density at radius 1 is 0.909 bits per heavy atom. The van der Waals surface area contributed by atoms with Crippen LogP contribution < -0.4 is 18.9 Å². The molecule has 0 saturated carbocycles. The lowest BCUT2D eigenvalue weighted by Crippen LogP contribution is -2.38. The van der Waals surface area contributed by atoms with Gasteiger partial charge in [-0.3, -0.25) is 0 Å². The molecule has 44 heavy (non-hydrogen) atoms. The molecule has 1 N–H and O–H groups in total. The largest absolute Gasteiger partial charge is 0.491 e. The van der Waals surface area contributed by atoms with E-state index in [0.717, 1.165) is 45.2 Å². The number of hydrogen-bond donors (Lipinski definition) is 1. The molecule has 2 atom stereocenters. The van der Waals surface area contributed by atoms with Gasteiger partial charge in [0, 0.05) is 22.9 Å². The molecule has 2 fully saturated rings. The molecule has 2 aliphatic heterocycles. The van der Waals surface area contributed by atoms with Crippen molar-refractivity contribution >= 4 is 27.6 Å². The highest BCUT2D eigenvalue weighted by Gasteiger charge is 2.24. The molecule has 0 spiro atoms. The van der Waals surface area contributed by atoms with Gasteiger partial charge in [-0.1, -0.05) is 24.3 Å². The van der Waals surface area contributed by atoms with Gasteiger partial charge in [-0.2, -0.15) is 0 Å². The Morgan fingerprint density at radius 2 is 1.66 bits per heavy atom. The van der Waals surface area contributed by atoms with Gasteiger partial charge in [0.25, 0.3) is 0 Å². The standard InChI is InChI=1S/C34H35NO9/c36-22-35-11-2-12-38-15-25-6-5-24-14-28(8-10-32(24)34(25)44-30-18-39-19-30)41-17-26(37)16-40-27-7-9-31-23(13-27)3-1-4-33(31)43-21-29-20-42-29/h1,3-10,13-14,26,29-30,37H,2,11-12,15-21H2. The van der Waals surface area contributed by atoms with E-state index in [2.05, 4.69) is 4.99 Å². The van der Waals surface area contributed by atoms with Crippen molar-refractivity contribution in [2.45, 2.75) is 31.3 Å². The summed E-state index contributed by atoms with van der Waals surface area (Å²) in [5.74, 6) is 2.85. The molecule has 2 saturated heterocycles. The summed E-state index contributed by atoms with van der Waals surface area (Å²) in [6, 6.07) is 21.4. The summed E-state index contributed by atoms with van der Waals surface area (Å²) in [5, 5.41) is 14.4. The van der Waals surface area contributed by atoms with Crippen LogP contribution in [0.1, 0.15) is 12.0 Å². The molecule has 6 rings (SSSR count). The molecular weight excluding hydrogens is 566 g/mol. The van der Waals surface area contributed by atoms with Gasteiger partial charge >= 0.3 is 0 Å². The monoisotopic (exact) mass is 601 g/mol. The van der Waals surface area contributed by atoms with Crippen molar-refractivity contribution in [1.29, 1.82) is 0 Å². The second-order valence-corrected chi connectivity index (χ2v) is 10.8. The van der Waals surface area contributed by atoms with Crippen LogP contribution in [0.4, 0.5) is 0 Å². The molecule has 4 aromatic rings. The fraction of sp³-hybridized carbons (Fsp3) is 0.382. The lowest BCUT2D eigenvalue weighted by molar-refractivity contribution is -0.0798. The normalized spacial score (nSPS) is 16.6. The van der Waals surface area contributed by atoms with Crippen molar-refractivity contribution in [1.82, 2.24) is 0 Å². The third kappa shape index (κ3) is 7.85. The second kappa shape index (κ2) is 14.5. The van der Waals surface area contributed by atoms with E-state index in [9.17, 15) is 9.90 Å². The number of epoxide rings is 1. The van der Waals surface area contributed by atoms with Crippen LogP contribution in [0, 0.1) is 0 Å². The molecule has 0 amide bonds. The summed E-state index contributed by atoms with van der Waals surface area (Å²) in [6.45, 7) is 3.79. The van der Waals surface area contributed by atoms with Gasteiger partial charge in [0.1, 0.15) is 61.1 Å². The molecule has 0 bridgehead atoms. The minimum atomic E-state index is -0.830. The van der Waals surface area contributed by atoms with Gasteiger partial charge in [0.05, 0.1) is 33.0 Å². The summed E-state index contributed by atoms with van der Waals surface area (Å²) in [7, 11) is 0. The zero-order chi connectivity index (χ0) is 30.1. The Kier molecular flexibility index (Phi) is 9.86. The van der Waals surface area contributed by atoms with Crippen molar-refractivity contribution < 1.29 is 43.1 Å². The lowest BCUT2D eigenvalue weighted by atomic mass is 10.0. The molecule has 2 heterocycles. The number of benzene rings is 4. The van der Waals surface area contributed by atoms with Crippen molar-refractivity contribution in [3.63, 3.8) is 0 Å². The number of fused-ring (bicyclic) bond motifs is 2. The van der Waals surface area contributed by atoms with E-state index in [1.54, 1.807) is 0 Å². The highest BCUT2D eigenvalue weighted by Crippen LogP contribution is 2.35. The molecule has 2 unspecified atom stereocenters. The third-order valence-corrected chi connectivity index (χ3v) is 7.32. The van der Waals surface area contributed by atoms with E-state index < -0.39 is 6.10 Å². The maximum atomic E-state index is 10.6. The van der Waals surface area contributed by atoms with Crippen LogP contribution in [0.15, 0.2) is 71.7 Å². The number of ether oxygens (including phenoxy) is 7. The average molecular weight is 602 g/mol. The number of aliphatic hydroxyl groups is 1. The Bertz CT molecular complexity index is 1610. The van der Waals surface area contributed by atoms with Gasteiger partial charge in [0.2, 0.25) is 6.08 Å². The molecule has 0 radical (unpaired) electrons. The first-order valence-electron chi connectivity index (χ1n) is 14.8. The molecule has 4 aromatic carbocycles. The van der Waals surface area contributed by atoms with Gasteiger partial charge in [-0.25, -0.2) is 9.79 Å². The van der Waals surface area contributed by atoms with Crippen LogP contribution in [0.2, 0.25) is 0 Å². The number of nitrogens with zero attached hydrogens (tertiary/aromatic N) is 1. The number of hydrogen-bond acceptors (Lipinski definition) is 10. The summed E-state index contributed by atoms with van der Waals surface area (Å²) < 4.78 is 40.3. The molecule has 0 aliphatic carbocycles. The molecule has 230 valence electrons. The number of carbonyl (C=O) groups excluding carboxylic acids is 1. The fourth-order valence-corrected chi connectivity index (χ4v) is 4.82. The fourth-order valence-electron chi connectivity index (χ4n) is 4.82. The SMILES string of the molecule is O=C=NCCCOCc1ccc2cc(OCC(O)COc3ccc4c(OCC5CO5)cccc4c3)ccc2c1OC1COC1. The summed E-state index contributed by atoms with van der Waals surface area (Å²) in [6.07, 6.45) is 1.53. The van der Waals surface area contributed by atoms with Crippen molar-refractivity contribution in [2.24, 2.45) is 4.99 Å². The number of aliphatic imine (C=N–C) groups is 1. The molecule has 2 aliphatic rings. The van der Waals surface area contributed by atoms with Gasteiger partial charge in [-0.05, 0) is 59.7 Å². The van der Waals surface area contributed by atoms with Crippen LogP contribution in [-0.4, -0.2) is 82.3 Å². The van der Waals surface area contributed by atoms with E-state index in [-0.39, 0.29) is 25.4 Å². The predicted molar refractivity (Wildman–Crippen MR) is 163 cm³/mol. The Labute approximate surface area is 255 Å². The van der Waals surface area contributed by atoms with Crippen molar-refractivity contribution in [2.75, 3.05) is 52.8 Å². The highest BCUT2D eigenvalue weighted by atomic mass is 16.6. The second-order valence-electron chi connectivity index (χ2n) is 10.8. The van der Waals surface area contributed by atoms with E-state index in [1.165, 1.54) is 6.08 Å². The van der Waals surface area contributed by atoms with Crippen LogP contribution >= 0.6 is 0 Å². The third-order valence-electron chi connectivity index (χ3n) is 7.32. The first kappa shape index (κ1) is 29.9. The Hall–Kier alpha value is -4.18. The Morgan fingerprint density at radius 3 is 2.36 bits per heavy atom. The maximum Gasteiger partial charge on any atom is 0.234 e. The first-order valence-corrected chi connectivity index (χ1v) is 14.8. The lowest BCUT2D eigenvalue weighted by Gasteiger charge is -2.28. The first-order chi connectivity index (χ1) is 21.7. The number of aliphatic hydroxyl groups excluding tert-OH is 1. The molecule has 0 aromatic heterocycles. The topological polar surface area (TPSA) is 118 Å². The minimum Gasteiger partial charge on any atom is -0.491 e. The zero-order valence-corrected chi connectivity index (χ0v) is 24.3. The Balaban J connectivity index is 1.04. The van der Waals surface area contributed by atoms with Gasteiger partial charge in [-0.15, -0.1) is 0 Å². The average Bonchev–Trinajstić information content (AvgIpc) is 3.86. The molecule has 10 nitrogen and oxygen atoms in total. The minimum absolute atomic E-state index is 0.00670. The summed E-state index contributed by atoms with van der Waals surface area (Å²) >= 11 is 0. The number of rotatable bonds is 17. The van der Waals surface area contributed by atoms with Crippen LogP contribution in [0.3, 0.4) is 0 Å². The molecule has 10 heteroatoms. The highest BCUT2D eigenvalue weighted by molar-refractivity contribution is 5.91. The van der Waals surface area contributed by atoms with Gasteiger partial charge < -0.3 is 38.3 Å². The zero-order valence-electron chi connectivity index (χ0n) is 24.3. The van der Waals surface area contributed by atoms with E-state index in [4.69, 9.17) is 33.2 Å². The molecular formula is C34H35NO9.